The van der Waals surface area contributed by atoms with E-state index in [9.17, 15) is 4.79 Å². The first kappa shape index (κ1) is 14.7. The van der Waals surface area contributed by atoms with Crippen LogP contribution < -0.4 is 0 Å². The van der Waals surface area contributed by atoms with Gasteiger partial charge in [-0.1, -0.05) is 20.8 Å². The van der Waals surface area contributed by atoms with Crippen molar-refractivity contribution in [1.29, 1.82) is 0 Å². The summed E-state index contributed by atoms with van der Waals surface area (Å²) >= 11 is 1.59. The number of ketones is 1. The molecule has 1 aliphatic rings. The van der Waals surface area contributed by atoms with E-state index in [2.05, 4.69) is 25.7 Å². The average Bonchev–Trinajstić information content (AvgIpc) is 2.76. The maximum absolute atomic E-state index is 11.7. The summed E-state index contributed by atoms with van der Waals surface area (Å²) in [6.45, 7) is 11.4. The second-order valence-electron chi connectivity index (χ2n) is 5.99. The molecule has 106 valence electrons. The first-order valence-corrected chi connectivity index (χ1v) is 8.02. The van der Waals surface area contributed by atoms with Crippen LogP contribution in [0.4, 0.5) is 0 Å². The molecule has 1 aromatic rings. The molecule has 0 bridgehead atoms. The van der Waals surface area contributed by atoms with Gasteiger partial charge in [0.15, 0.2) is 5.78 Å². The van der Waals surface area contributed by atoms with Crippen molar-refractivity contribution in [1.82, 2.24) is 9.88 Å². The molecule has 0 aliphatic carbocycles. The summed E-state index contributed by atoms with van der Waals surface area (Å²) in [6, 6.07) is 0. The molecule has 19 heavy (non-hydrogen) atoms. The molecule has 0 amide bonds. The fraction of sp³-hybridized carbons (Fsp3) is 0.733. The van der Waals surface area contributed by atoms with Gasteiger partial charge in [0.05, 0.1) is 17.1 Å². The average molecular weight is 280 g/mol. The lowest BCUT2D eigenvalue weighted by atomic mass is 9.99. The van der Waals surface area contributed by atoms with Crippen LogP contribution in [0.5, 0.6) is 0 Å². The zero-order valence-corrected chi connectivity index (χ0v) is 13.2. The molecule has 2 heterocycles. The van der Waals surface area contributed by atoms with Gasteiger partial charge in [-0.05, 0) is 37.8 Å². The Morgan fingerprint density at radius 3 is 2.53 bits per heavy atom. The largest absolute Gasteiger partial charge is 0.297 e. The van der Waals surface area contributed by atoms with Crippen LogP contribution in [0, 0.1) is 5.92 Å². The van der Waals surface area contributed by atoms with E-state index in [-0.39, 0.29) is 5.78 Å². The molecule has 1 aromatic heterocycles. The van der Waals surface area contributed by atoms with E-state index in [4.69, 9.17) is 4.98 Å². The summed E-state index contributed by atoms with van der Waals surface area (Å²) < 4.78 is 0. The molecule has 2 rings (SSSR count). The molecule has 1 saturated heterocycles. The quantitative estimate of drug-likeness (QED) is 0.788. The van der Waals surface area contributed by atoms with Crippen LogP contribution in [0.3, 0.4) is 0 Å². The molecule has 4 heteroatoms. The second kappa shape index (κ2) is 6.14. The molecule has 0 saturated carbocycles. The van der Waals surface area contributed by atoms with Crippen molar-refractivity contribution in [2.24, 2.45) is 5.92 Å². The SMILES string of the molecule is CC(=O)c1sc(CN2CCC(C)CC2)nc1C(C)C. The van der Waals surface area contributed by atoms with Gasteiger partial charge >= 0.3 is 0 Å². The monoisotopic (exact) mass is 280 g/mol. The summed E-state index contributed by atoms with van der Waals surface area (Å²) in [5.74, 6) is 1.33. The fourth-order valence-electron chi connectivity index (χ4n) is 2.50. The minimum absolute atomic E-state index is 0.153. The Bertz CT molecular complexity index is 445. The van der Waals surface area contributed by atoms with E-state index >= 15 is 0 Å². The maximum atomic E-state index is 11.7. The van der Waals surface area contributed by atoms with E-state index in [0.29, 0.717) is 5.92 Å². The summed E-state index contributed by atoms with van der Waals surface area (Å²) in [5, 5.41) is 1.10. The van der Waals surface area contributed by atoms with Crippen LogP contribution in [-0.2, 0) is 6.54 Å². The van der Waals surface area contributed by atoms with Crippen LogP contribution in [0.15, 0.2) is 0 Å². The third-order valence-electron chi connectivity index (χ3n) is 3.80. The topological polar surface area (TPSA) is 33.2 Å². The Hall–Kier alpha value is -0.740. The van der Waals surface area contributed by atoms with E-state index in [0.717, 1.165) is 41.1 Å². The Balaban J connectivity index is 2.08. The minimum Gasteiger partial charge on any atom is -0.297 e. The molecule has 0 N–H and O–H groups in total. The van der Waals surface area contributed by atoms with Crippen LogP contribution in [0.2, 0.25) is 0 Å². The smallest absolute Gasteiger partial charge is 0.171 e. The number of carbonyl (C=O) groups is 1. The van der Waals surface area contributed by atoms with Crippen molar-refractivity contribution < 1.29 is 4.79 Å². The molecule has 0 aromatic carbocycles. The van der Waals surface area contributed by atoms with Gasteiger partial charge < -0.3 is 0 Å². The van der Waals surface area contributed by atoms with Gasteiger partial charge in [0, 0.05) is 6.92 Å². The van der Waals surface area contributed by atoms with Crippen LogP contribution >= 0.6 is 11.3 Å². The predicted molar refractivity (Wildman–Crippen MR) is 79.9 cm³/mol. The molecule has 3 nitrogen and oxygen atoms in total. The zero-order valence-electron chi connectivity index (χ0n) is 12.4. The molecule has 0 radical (unpaired) electrons. The number of hydrogen-bond acceptors (Lipinski definition) is 4. The van der Waals surface area contributed by atoms with Crippen LogP contribution in [0.1, 0.15) is 66.8 Å². The lowest BCUT2D eigenvalue weighted by Gasteiger charge is -2.29. The summed E-state index contributed by atoms with van der Waals surface area (Å²) in [6.07, 6.45) is 2.56. The van der Waals surface area contributed by atoms with Crippen molar-refractivity contribution in [3.63, 3.8) is 0 Å². The number of carbonyl (C=O) groups excluding carboxylic acids is 1. The molecule has 1 fully saturated rings. The van der Waals surface area contributed by atoms with Gasteiger partial charge in [-0.25, -0.2) is 4.98 Å². The number of nitrogens with zero attached hydrogens (tertiary/aromatic N) is 2. The van der Waals surface area contributed by atoms with Crippen molar-refractivity contribution >= 4 is 17.1 Å². The minimum atomic E-state index is 0.153. The first-order chi connectivity index (χ1) is 8.97. The molecular formula is C15H24N2OS. The first-order valence-electron chi connectivity index (χ1n) is 7.20. The van der Waals surface area contributed by atoms with Gasteiger partial charge in [0.2, 0.25) is 0 Å². The summed E-state index contributed by atoms with van der Waals surface area (Å²) in [7, 11) is 0. The number of hydrogen-bond donors (Lipinski definition) is 0. The number of likely N-dealkylation sites (tertiary alicyclic amines) is 1. The Labute approximate surface area is 120 Å². The van der Waals surface area contributed by atoms with E-state index in [1.54, 1.807) is 18.3 Å². The summed E-state index contributed by atoms with van der Waals surface area (Å²) in [5.41, 5.74) is 0.984. The van der Waals surface area contributed by atoms with Gasteiger partial charge in [0.1, 0.15) is 5.01 Å². The van der Waals surface area contributed by atoms with Crippen molar-refractivity contribution in [2.75, 3.05) is 13.1 Å². The highest BCUT2D eigenvalue weighted by Crippen LogP contribution is 2.27. The lowest BCUT2D eigenvalue weighted by molar-refractivity contribution is 0.102. The van der Waals surface area contributed by atoms with Gasteiger partial charge in [0.25, 0.3) is 0 Å². The molecule has 0 unspecified atom stereocenters. The van der Waals surface area contributed by atoms with E-state index in [1.807, 2.05) is 0 Å². The number of aromatic nitrogens is 1. The fourth-order valence-corrected chi connectivity index (χ4v) is 3.66. The van der Waals surface area contributed by atoms with Gasteiger partial charge in [-0.3, -0.25) is 9.69 Å². The lowest BCUT2D eigenvalue weighted by Crippen LogP contribution is -2.32. The number of rotatable bonds is 4. The van der Waals surface area contributed by atoms with E-state index < -0.39 is 0 Å². The molecular weight excluding hydrogens is 256 g/mol. The highest BCUT2D eigenvalue weighted by Gasteiger charge is 2.21. The van der Waals surface area contributed by atoms with Crippen molar-refractivity contribution in [2.45, 2.75) is 53.0 Å². The van der Waals surface area contributed by atoms with Gasteiger partial charge in [-0.15, -0.1) is 11.3 Å². The zero-order chi connectivity index (χ0) is 14.0. The number of Topliss-reactive ketones (excluding diaryl/α,β-unsaturated/α-hetero) is 1. The predicted octanol–water partition coefficient (Wildman–Crippen LogP) is 3.70. The molecule has 0 spiro atoms. The Morgan fingerprint density at radius 2 is 2.05 bits per heavy atom. The number of thiazole rings is 1. The van der Waals surface area contributed by atoms with Crippen LogP contribution in [0.25, 0.3) is 0 Å². The molecule has 0 atom stereocenters. The summed E-state index contributed by atoms with van der Waals surface area (Å²) in [4.78, 5) is 19.7. The second-order valence-corrected chi connectivity index (χ2v) is 7.08. The number of piperidine rings is 1. The highest BCUT2D eigenvalue weighted by atomic mass is 32.1. The van der Waals surface area contributed by atoms with Crippen LogP contribution in [-0.4, -0.2) is 28.8 Å². The van der Waals surface area contributed by atoms with E-state index in [1.165, 1.54) is 12.8 Å². The van der Waals surface area contributed by atoms with Gasteiger partial charge in [-0.2, -0.15) is 0 Å². The third kappa shape index (κ3) is 3.63. The normalized spacial score (nSPS) is 18.2. The maximum Gasteiger partial charge on any atom is 0.171 e. The highest BCUT2D eigenvalue weighted by molar-refractivity contribution is 7.13. The third-order valence-corrected chi connectivity index (χ3v) is 4.96. The Kier molecular flexibility index (Phi) is 4.74. The van der Waals surface area contributed by atoms with Crippen molar-refractivity contribution in [3.8, 4) is 0 Å². The molecule has 1 aliphatic heterocycles. The standard InChI is InChI=1S/C15H24N2OS/c1-10(2)14-15(12(4)18)19-13(16-14)9-17-7-5-11(3)6-8-17/h10-11H,5-9H2,1-4H3. The Morgan fingerprint density at radius 1 is 1.42 bits per heavy atom. The van der Waals surface area contributed by atoms with Crippen molar-refractivity contribution in [3.05, 3.63) is 15.6 Å².